The molecule has 5 nitrogen and oxygen atoms in total. The number of aliphatic hydroxyl groups is 1. The van der Waals surface area contributed by atoms with Gasteiger partial charge in [-0.2, -0.15) is 4.99 Å². The molecule has 0 aromatic heterocycles. The predicted octanol–water partition coefficient (Wildman–Crippen LogP) is -0.755. The first-order chi connectivity index (χ1) is 5.13. The summed E-state index contributed by atoms with van der Waals surface area (Å²) in [5.41, 5.74) is 0. The molecule has 0 amide bonds. The van der Waals surface area contributed by atoms with Gasteiger partial charge >= 0.3 is 5.97 Å². The third-order valence-corrected chi connectivity index (χ3v) is 1.09. The molecule has 0 aromatic carbocycles. The minimum absolute atomic E-state index is 0.747. The molecule has 11 heavy (non-hydrogen) atoms. The topological polar surface area (TPSA) is 76.0 Å². The van der Waals surface area contributed by atoms with Gasteiger partial charge in [-0.15, -0.1) is 0 Å². The van der Waals surface area contributed by atoms with E-state index >= 15 is 0 Å². The van der Waals surface area contributed by atoms with E-state index < -0.39 is 18.1 Å². The maximum atomic E-state index is 10.7. The van der Waals surface area contributed by atoms with Gasteiger partial charge in [-0.05, 0) is 6.92 Å². The molecule has 0 radical (unpaired) electrons. The number of aliphatic hydroxyl groups excluding tert-OH is 1. The molecule has 0 saturated carbocycles. The molecule has 0 aliphatic heterocycles. The lowest BCUT2D eigenvalue weighted by molar-refractivity contribution is -0.144. The van der Waals surface area contributed by atoms with Crippen LogP contribution in [0.1, 0.15) is 6.92 Å². The van der Waals surface area contributed by atoms with Gasteiger partial charge in [0.2, 0.25) is 6.08 Å². The summed E-state index contributed by atoms with van der Waals surface area (Å²) in [4.78, 5) is 23.5. The van der Waals surface area contributed by atoms with Gasteiger partial charge in [-0.1, -0.05) is 0 Å². The number of carbonyl (C=O) groups is 1. The first kappa shape index (κ1) is 9.81. The quantitative estimate of drug-likeness (QED) is 0.334. The van der Waals surface area contributed by atoms with Crippen molar-refractivity contribution < 1.29 is 19.4 Å². The smallest absolute Gasteiger partial charge is 0.334 e. The molecule has 0 rings (SSSR count). The molecule has 5 heteroatoms. The van der Waals surface area contributed by atoms with Crippen LogP contribution in [0.5, 0.6) is 0 Å². The first-order valence-electron chi connectivity index (χ1n) is 2.96. The second-order valence-electron chi connectivity index (χ2n) is 1.93. The number of rotatable bonds is 3. The molecule has 0 aromatic rings. The Morgan fingerprint density at radius 2 is 2.27 bits per heavy atom. The van der Waals surface area contributed by atoms with Crippen molar-refractivity contribution in [1.82, 2.24) is 0 Å². The summed E-state index contributed by atoms with van der Waals surface area (Å²) in [6.07, 6.45) is 0.140. The number of ether oxygens (including phenoxy) is 1. The fourth-order valence-electron chi connectivity index (χ4n) is 0.535. The van der Waals surface area contributed by atoms with Crippen molar-refractivity contribution in [2.24, 2.45) is 4.99 Å². The van der Waals surface area contributed by atoms with Crippen molar-refractivity contribution in [2.75, 3.05) is 7.11 Å². The summed E-state index contributed by atoms with van der Waals surface area (Å²) < 4.78 is 4.25. The fraction of sp³-hybridized carbons (Fsp3) is 0.667. The van der Waals surface area contributed by atoms with E-state index in [0.29, 0.717) is 0 Å². The summed E-state index contributed by atoms with van der Waals surface area (Å²) in [5.74, 6) is -0.747. The number of isocyanates is 1. The van der Waals surface area contributed by atoms with Gasteiger partial charge in [0.1, 0.15) is 0 Å². The lowest BCUT2D eigenvalue weighted by Gasteiger charge is -2.09. The number of carbonyl (C=O) groups excluding carboxylic acids is 2. The van der Waals surface area contributed by atoms with Gasteiger partial charge in [-0.3, -0.25) is 0 Å². The highest BCUT2D eigenvalue weighted by molar-refractivity contribution is 5.77. The Balaban J connectivity index is 4.33. The molecular weight excluding hydrogens is 150 g/mol. The SMILES string of the molecule is COC(=O)[C@@H](N=C=O)C(C)O. The minimum Gasteiger partial charge on any atom is -0.467 e. The van der Waals surface area contributed by atoms with E-state index in [0.717, 1.165) is 7.11 Å². The van der Waals surface area contributed by atoms with Crippen LogP contribution in [0.4, 0.5) is 0 Å². The van der Waals surface area contributed by atoms with Crippen LogP contribution >= 0.6 is 0 Å². The van der Waals surface area contributed by atoms with Gasteiger partial charge in [0, 0.05) is 0 Å². The van der Waals surface area contributed by atoms with Gasteiger partial charge in [0.05, 0.1) is 13.2 Å². The maximum Gasteiger partial charge on any atom is 0.334 e. The molecule has 1 N–H and O–H groups in total. The van der Waals surface area contributed by atoms with Crippen LogP contribution in [0.2, 0.25) is 0 Å². The maximum absolute atomic E-state index is 10.7. The number of methoxy groups -OCH3 is 1. The van der Waals surface area contributed by atoms with Crippen LogP contribution in [-0.4, -0.2) is 36.4 Å². The Kier molecular flexibility index (Phi) is 4.10. The number of nitrogens with zero attached hydrogens (tertiary/aromatic N) is 1. The van der Waals surface area contributed by atoms with Crippen molar-refractivity contribution in [3.63, 3.8) is 0 Å². The molecule has 0 spiro atoms. The zero-order chi connectivity index (χ0) is 8.85. The normalized spacial score (nSPS) is 14.5. The third kappa shape index (κ3) is 2.93. The number of esters is 1. The second kappa shape index (κ2) is 4.60. The van der Waals surface area contributed by atoms with Crippen molar-refractivity contribution in [3.8, 4) is 0 Å². The standard InChI is InChI=1S/C6H9NO4/c1-4(9)5(7-3-8)6(10)11-2/h4-5,9H,1-2H3/t4?,5-/m0/s1. The third-order valence-electron chi connectivity index (χ3n) is 1.09. The molecule has 2 atom stereocenters. The Hall–Kier alpha value is -1.19. The highest BCUT2D eigenvalue weighted by Gasteiger charge is 2.23. The van der Waals surface area contributed by atoms with Gasteiger partial charge < -0.3 is 9.84 Å². The summed E-state index contributed by atoms with van der Waals surface area (Å²) >= 11 is 0. The monoisotopic (exact) mass is 159 g/mol. The van der Waals surface area contributed by atoms with Crippen molar-refractivity contribution >= 4 is 12.0 Å². The van der Waals surface area contributed by atoms with Crippen LogP contribution in [0.25, 0.3) is 0 Å². The van der Waals surface area contributed by atoms with E-state index in [1.807, 2.05) is 0 Å². The predicted molar refractivity (Wildman–Crippen MR) is 35.6 cm³/mol. The second-order valence-corrected chi connectivity index (χ2v) is 1.93. The number of aliphatic imine (C=N–C) groups is 1. The summed E-state index contributed by atoms with van der Waals surface area (Å²) in [5, 5.41) is 8.87. The van der Waals surface area contributed by atoms with Crippen molar-refractivity contribution in [2.45, 2.75) is 19.1 Å². The van der Waals surface area contributed by atoms with E-state index in [1.54, 1.807) is 0 Å². The highest BCUT2D eigenvalue weighted by atomic mass is 16.5. The molecule has 0 saturated heterocycles. The number of hydrogen-bond acceptors (Lipinski definition) is 5. The first-order valence-corrected chi connectivity index (χ1v) is 2.96. The van der Waals surface area contributed by atoms with Gasteiger partial charge in [0.15, 0.2) is 6.04 Å². The highest BCUT2D eigenvalue weighted by Crippen LogP contribution is 1.99. The van der Waals surface area contributed by atoms with E-state index in [1.165, 1.54) is 13.0 Å². The van der Waals surface area contributed by atoms with E-state index in [-0.39, 0.29) is 0 Å². The summed E-state index contributed by atoms with van der Waals surface area (Å²) in [7, 11) is 1.15. The van der Waals surface area contributed by atoms with E-state index in [4.69, 9.17) is 5.11 Å². The van der Waals surface area contributed by atoms with E-state index in [9.17, 15) is 9.59 Å². The van der Waals surface area contributed by atoms with Crippen LogP contribution in [0, 0.1) is 0 Å². The summed E-state index contributed by atoms with van der Waals surface area (Å²) in [6, 6.07) is -1.16. The Labute approximate surface area is 63.7 Å². The molecule has 62 valence electrons. The van der Waals surface area contributed by atoms with Crippen molar-refractivity contribution in [1.29, 1.82) is 0 Å². The Morgan fingerprint density at radius 1 is 1.73 bits per heavy atom. The lowest BCUT2D eigenvalue weighted by Crippen LogP contribution is -2.31. The molecule has 0 aliphatic carbocycles. The van der Waals surface area contributed by atoms with Gasteiger partial charge in [0.25, 0.3) is 0 Å². The van der Waals surface area contributed by atoms with Gasteiger partial charge in [-0.25, -0.2) is 9.59 Å². The lowest BCUT2D eigenvalue weighted by atomic mass is 10.2. The minimum atomic E-state index is -1.16. The Bertz CT molecular complexity index is 183. The average Bonchev–Trinajstić information content (AvgIpc) is 1.98. The fourth-order valence-corrected chi connectivity index (χ4v) is 0.535. The van der Waals surface area contributed by atoms with Crippen LogP contribution < -0.4 is 0 Å². The van der Waals surface area contributed by atoms with Crippen molar-refractivity contribution in [3.05, 3.63) is 0 Å². The Morgan fingerprint density at radius 3 is 2.55 bits per heavy atom. The molecule has 0 aliphatic rings. The van der Waals surface area contributed by atoms with Crippen LogP contribution in [0.15, 0.2) is 4.99 Å². The largest absolute Gasteiger partial charge is 0.467 e. The molecule has 1 unspecified atom stereocenters. The van der Waals surface area contributed by atoms with Crippen LogP contribution in [0.3, 0.4) is 0 Å². The zero-order valence-electron chi connectivity index (χ0n) is 6.27. The average molecular weight is 159 g/mol. The molecule has 0 heterocycles. The molecule has 0 bridgehead atoms. The molecular formula is C6H9NO4. The van der Waals surface area contributed by atoms with E-state index in [2.05, 4.69) is 9.73 Å². The summed E-state index contributed by atoms with van der Waals surface area (Å²) in [6.45, 7) is 1.34. The molecule has 0 fully saturated rings. The zero-order valence-corrected chi connectivity index (χ0v) is 6.27. The van der Waals surface area contributed by atoms with Crippen LogP contribution in [-0.2, 0) is 14.3 Å². The number of hydrogen-bond donors (Lipinski definition) is 1.